The molecule has 21 heavy (non-hydrogen) atoms. The predicted molar refractivity (Wildman–Crippen MR) is 74.2 cm³/mol. The fraction of sp³-hybridized carbons (Fsp3) is 0.500. The Morgan fingerprint density at radius 1 is 1.14 bits per heavy atom. The summed E-state index contributed by atoms with van der Waals surface area (Å²) in [6.07, 6.45) is 5.62. The van der Waals surface area contributed by atoms with Crippen molar-refractivity contribution in [3.05, 3.63) is 18.7 Å². The van der Waals surface area contributed by atoms with E-state index in [4.69, 9.17) is 19.9 Å². The first-order valence-corrected chi connectivity index (χ1v) is 6.49. The molecule has 2 aromatic heterocycles. The van der Waals surface area contributed by atoms with Gasteiger partial charge in [0.1, 0.15) is 6.33 Å². The van der Waals surface area contributed by atoms with Crippen LogP contribution in [0.2, 0.25) is 0 Å². The zero-order chi connectivity index (χ0) is 14.9. The maximum absolute atomic E-state index is 5.64. The van der Waals surface area contributed by atoms with Gasteiger partial charge in [-0.2, -0.15) is 15.0 Å². The molecule has 9 nitrogen and oxygen atoms in total. The SMILES string of the molecule is COCCOCCCOc1nc(N)nc(-n2ccnc2)n1. The van der Waals surface area contributed by atoms with Crippen LogP contribution in [0.25, 0.3) is 5.95 Å². The van der Waals surface area contributed by atoms with Crippen LogP contribution in [-0.4, -0.2) is 58.0 Å². The van der Waals surface area contributed by atoms with Crippen LogP contribution < -0.4 is 10.5 Å². The van der Waals surface area contributed by atoms with Gasteiger partial charge in [-0.25, -0.2) is 4.98 Å². The van der Waals surface area contributed by atoms with E-state index < -0.39 is 0 Å². The second-order valence-electron chi connectivity index (χ2n) is 4.05. The lowest BCUT2D eigenvalue weighted by molar-refractivity contribution is 0.0639. The van der Waals surface area contributed by atoms with Crippen molar-refractivity contribution in [1.29, 1.82) is 0 Å². The van der Waals surface area contributed by atoms with E-state index in [0.717, 1.165) is 6.42 Å². The van der Waals surface area contributed by atoms with Gasteiger partial charge in [-0.3, -0.25) is 4.57 Å². The predicted octanol–water partition coefficient (Wildman–Crippen LogP) is 0.0714. The van der Waals surface area contributed by atoms with E-state index >= 15 is 0 Å². The molecule has 9 heteroatoms. The largest absolute Gasteiger partial charge is 0.463 e. The number of imidazole rings is 1. The Hall–Kier alpha value is -2.26. The third-order valence-electron chi connectivity index (χ3n) is 2.45. The Bertz CT molecular complexity index is 534. The van der Waals surface area contributed by atoms with E-state index in [-0.39, 0.29) is 12.0 Å². The summed E-state index contributed by atoms with van der Waals surface area (Å²) < 4.78 is 17.3. The van der Waals surface area contributed by atoms with Gasteiger partial charge >= 0.3 is 6.01 Å². The summed E-state index contributed by atoms with van der Waals surface area (Å²) in [5.41, 5.74) is 5.64. The van der Waals surface area contributed by atoms with Crippen molar-refractivity contribution >= 4 is 5.95 Å². The highest BCUT2D eigenvalue weighted by Crippen LogP contribution is 2.08. The molecule has 0 unspecified atom stereocenters. The minimum absolute atomic E-state index is 0.0973. The van der Waals surface area contributed by atoms with E-state index in [2.05, 4.69) is 19.9 Å². The number of hydrogen-bond donors (Lipinski definition) is 1. The Kier molecular flexibility index (Phi) is 5.85. The van der Waals surface area contributed by atoms with E-state index in [1.54, 1.807) is 30.4 Å². The van der Waals surface area contributed by atoms with Gasteiger partial charge in [0.2, 0.25) is 11.9 Å². The Morgan fingerprint density at radius 3 is 2.81 bits per heavy atom. The number of anilines is 1. The van der Waals surface area contributed by atoms with Crippen LogP contribution in [0.15, 0.2) is 18.7 Å². The van der Waals surface area contributed by atoms with Crippen molar-refractivity contribution < 1.29 is 14.2 Å². The number of nitrogen functional groups attached to an aromatic ring is 1. The van der Waals surface area contributed by atoms with Crippen LogP contribution in [0.3, 0.4) is 0 Å². The second kappa shape index (κ2) is 8.12. The third kappa shape index (κ3) is 4.97. The fourth-order valence-electron chi connectivity index (χ4n) is 1.49. The summed E-state index contributed by atoms with van der Waals surface area (Å²) >= 11 is 0. The molecule has 0 saturated heterocycles. The molecule has 2 heterocycles. The summed E-state index contributed by atoms with van der Waals surface area (Å²) in [4.78, 5) is 16.0. The molecule has 2 N–H and O–H groups in total. The molecule has 0 spiro atoms. The van der Waals surface area contributed by atoms with Gasteiger partial charge in [-0.15, -0.1) is 0 Å². The minimum atomic E-state index is 0.0973. The molecule has 0 radical (unpaired) electrons. The van der Waals surface area contributed by atoms with Crippen LogP contribution in [0.5, 0.6) is 6.01 Å². The fourth-order valence-corrected chi connectivity index (χ4v) is 1.49. The molecule has 0 bridgehead atoms. The molecular weight excluding hydrogens is 276 g/mol. The average Bonchev–Trinajstić information content (AvgIpc) is 3.00. The molecule has 0 atom stereocenters. The number of hydrogen-bond acceptors (Lipinski definition) is 8. The van der Waals surface area contributed by atoms with Gasteiger partial charge in [-0.05, 0) is 0 Å². The van der Waals surface area contributed by atoms with Crippen LogP contribution in [0, 0.1) is 0 Å². The summed E-state index contributed by atoms with van der Waals surface area (Å²) in [7, 11) is 1.63. The monoisotopic (exact) mass is 294 g/mol. The zero-order valence-electron chi connectivity index (χ0n) is 11.8. The summed E-state index contributed by atoms with van der Waals surface area (Å²) in [6.45, 7) is 2.16. The molecule has 0 fully saturated rings. The first-order chi connectivity index (χ1) is 10.3. The number of nitrogens with zero attached hydrogens (tertiary/aromatic N) is 5. The lowest BCUT2D eigenvalue weighted by atomic mass is 10.5. The Balaban J connectivity index is 1.81. The first kappa shape index (κ1) is 15.1. The highest BCUT2D eigenvalue weighted by molar-refractivity contribution is 5.24. The molecule has 0 aromatic carbocycles. The third-order valence-corrected chi connectivity index (χ3v) is 2.45. The molecular formula is C12H18N6O3. The molecule has 114 valence electrons. The van der Waals surface area contributed by atoms with Crippen molar-refractivity contribution in [1.82, 2.24) is 24.5 Å². The van der Waals surface area contributed by atoms with E-state index in [1.165, 1.54) is 0 Å². The van der Waals surface area contributed by atoms with Gasteiger partial charge in [0.25, 0.3) is 0 Å². The van der Waals surface area contributed by atoms with E-state index in [0.29, 0.717) is 32.4 Å². The summed E-state index contributed by atoms with van der Waals surface area (Å²) in [6, 6.07) is 0.183. The number of ether oxygens (including phenoxy) is 3. The minimum Gasteiger partial charge on any atom is -0.463 e. The second-order valence-corrected chi connectivity index (χ2v) is 4.05. The maximum Gasteiger partial charge on any atom is 0.323 e. The van der Waals surface area contributed by atoms with Crippen molar-refractivity contribution in [2.45, 2.75) is 6.42 Å². The number of aromatic nitrogens is 5. The molecule has 0 aliphatic heterocycles. The van der Waals surface area contributed by atoms with Crippen LogP contribution >= 0.6 is 0 Å². The standard InChI is InChI=1S/C12H18N6O3/c1-19-7-8-20-5-2-6-21-12-16-10(13)15-11(17-12)18-4-3-14-9-18/h3-4,9H,2,5-8H2,1H3,(H2,13,15,16,17). The van der Waals surface area contributed by atoms with Crippen LogP contribution in [0.4, 0.5) is 5.95 Å². The topological polar surface area (TPSA) is 110 Å². The van der Waals surface area contributed by atoms with E-state index in [1.807, 2.05) is 0 Å². The van der Waals surface area contributed by atoms with Gasteiger partial charge in [-0.1, -0.05) is 0 Å². The van der Waals surface area contributed by atoms with Crippen molar-refractivity contribution in [3.63, 3.8) is 0 Å². The normalized spacial score (nSPS) is 10.7. The molecule has 2 rings (SSSR count). The maximum atomic E-state index is 5.64. The quantitative estimate of drug-likeness (QED) is 0.647. The highest BCUT2D eigenvalue weighted by Gasteiger charge is 2.06. The molecule has 0 aliphatic rings. The molecule has 0 amide bonds. The lowest BCUT2D eigenvalue weighted by Gasteiger charge is -2.07. The van der Waals surface area contributed by atoms with Gasteiger partial charge in [0.15, 0.2) is 0 Å². The molecule has 0 saturated carbocycles. The smallest absolute Gasteiger partial charge is 0.323 e. The summed E-state index contributed by atoms with van der Waals surface area (Å²) in [5.74, 6) is 0.464. The van der Waals surface area contributed by atoms with Crippen molar-refractivity contribution in [2.75, 3.05) is 39.3 Å². The highest BCUT2D eigenvalue weighted by atomic mass is 16.5. The Morgan fingerprint density at radius 2 is 2.05 bits per heavy atom. The van der Waals surface area contributed by atoms with Gasteiger partial charge in [0.05, 0.1) is 19.8 Å². The summed E-state index contributed by atoms with van der Waals surface area (Å²) in [5, 5.41) is 0. The van der Waals surface area contributed by atoms with Gasteiger partial charge < -0.3 is 19.9 Å². The van der Waals surface area contributed by atoms with Crippen LogP contribution in [-0.2, 0) is 9.47 Å². The van der Waals surface area contributed by atoms with E-state index in [9.17, 15) is 0 Å². The van der Waals surface area contributed by atoms with Gasteiger partial charge in [0, 0.05) is 32.5 Å². The molecule has 0 aliphatic carbocycles. The zero-order valence-corrected chi connectivity index (χ0v) is 11.8. The first-order valence-electron chi connectivity index (χ1n) is 6.49. The number of rotatable bonds is 9. The van der Waals surface area contributed by atoms with Crippen molar-refractivity contribution in [2.24, 2.45) is 0 Å². The molecule has 2 aromatic rings. The van der Waals surface area contributed by atoms with Crippen LogP contribution in [0.1, 0.15) is 6.42 Å². The van der Waals surface area contributed by atoms with Crippen molar-refractivity contribution in [3.8, 4) is 12.0 Å². The number of nitrogens with two attached hydrogens (primary N) is 1. The average molecular weight is 294 g/mol. The number of methoxy groups -OCH3 is 1. The lowest BCUT2D eigenvalue weighted by Crippen LogP contribution is -2.11. The Labute approximate surface area is 122 Å².